The number of nitrogens with one attached hydrogen (secondary N) is 1. The summed E-state index contributed by atoms with van der Waals surface area (Å²) < 4.78 is 1.99. The predicted octanol–water partition coefficient (Wildman–Crippen LogP) is 2.01. The van der Waals surface area contributed by atoms with Gasteiger partial charge < -0.3 is 9.47 Å². The summed E-state index contributed by atoms with van der Waals surface area (Å²) in [5, 5.41) is 2.93. The third kappa shape index (κ3) is 2.48. The Kier molecular flexibility index (Phi) is 3.32. The van der Waals surface area contributed by atoms with Crippen LogP contribution in [0.15, 0.2) is 24.3 Å². The number of rotatable bonds is 4. The fourth-order valence-corrected chi connectivity index (χ4v) is 3.35. The SMILES string of the molecule is CCn1c(NC(=O)[C@@H]2CC(=O)N(C3CC3)C2)nc2ccccc21. The van der Waals surface area contributed by atoms with Gasteiger partial charge in [-0.05, 0) is 31.9 Å². The lowest BCUT2D eigenvalue weighted by Crippen LogP contribution is -2.30. The highest BCUT2D eigenvalue weighted by Gasteiger charge is 2.41. The number of aryl methyl sites for hydroxylation is 1. The van der Waals surface area contributed by atoms with Crippen molar-refractivity contribution in [3.05, 3.63) is 24.3 Å². The Morgan fingerprint density at radius 3 is 2.87 bits per heavy atom. The summed E-state index contributed by atoms with van der Waals surface area (Å²) in [6, 6.07) is 8.20. The van der Waals surface area contributed by atoms with Gasteiger partial charge in [-0.1, -0.05) is 12.1 Å². The highest BCUT2D eigenvalue weighted by molar-refractivity contribution is 5.97. The molecule has 1 aromatic carbocycles. The van der Waals surface area contributed by atoms with E-state index < -0.39 is 0 Å². The molecule has 4 rings (SSSR count). The zero-order valence-corrected chi connectivity index (χ0v) is 13.2. The van der Waals surface area contributed by atoms with Gasteiger partial charge in [-0.25, -0.2) is 4.98 Å². The second-order valence-electron chi connectivity index (χ2n) is 6.34. The van der Waals surface area contributed by atoms with Crippen LogP contribution in [0, 0.1) is 5.92 Å². The Bertz CT molecular complexity index is 778. The number of carbonyl (C=O) groups is 2. The van der Waals surface area contributed by atoms with E-state index in [-0.39, 0.29) is 17.7 Å². The highest BCUT2D eigenvalue weighted by atomic mass is 16.2. The van der Waals surface area contributed by atoms with Crippen molar-refractivity contribution >= 4 is 28.8 Å². The number of anilines is 1. The van der Waals surface area contributed by atoms with E-state index in [2.05, 4.69) is 10.3 Å². The van der Waals surface area contributed by atoms with Crippen molar-refractivity contribution in [3.8, 4) is 0 Å². The summed E-state index contributed by atoms with van der Waals surface area (Å²) in [6.45, 7) is 3.30. The minimum atomic E-state index is -0.270. The van der Waals surface area contributed by atoms with Crippen LogP contribution in [0.2, 0.25) is 0 Å². The molecule has 23 heavy (non-hydrogen) atoms. The van der Waals surface area contributed by atoms with E-state index in [0.29, 0.717) is 25.0 Å². The van der Waals surface area contributed by atoms with Gasteiger partial charge in [0.05, 0.1) is 17.0 Å². The molecule has 0 radical (unpaired) electrons. The van der Waals surface area contributed by atoms with E-state index in [0.717, 1.165) is 30.4 Å². The molecule has 2 heterocycles. The molecule has 0 bridgehead atoms. The smallest absolute Gasteiger partial charge is 0.232 e. The normalized spacial score (nSPS) is 21.2. The van der Waals surface area contributed by atoms with Crippen LogP contribution in [0.5, 0.6) is 0 Å². The quantitative estimate of drug-likeness (QED) is 0.939. The van der Waals surface area contributed by atoms with Crippen LogP contribution >= 0.6 is 0 Å². The Labute approximate surface area is 134 Å². The Morgan fingerprint density at radius 1 is 1.35 bits per heavy atom. The summed E-state index contributed by atoms with van der Waals surface area (Å²) in [4.78, 5) is 30.9. The van der Waals surface area contributed by atoms with Gasteiger partial charge >= 0.3 is 0 Å². The van der Waals surface area contributed by atoms with Crippen molar-refractivity contribution in [2.75, 3.05) is 11.9 Å². The van der Waals surface area contributed by atoms with Crippen LogP contribution in [0.1, 0.15) is 26.2 Å². The van der Waals surface area contributed by atoms with E-state index >= 15 is 0 Å². The monoisotopic (exact) mass is 312 g/mol. The van der Waals surface area contributed by atoms with Crippen LogP contribution < -0.4 is 5.32 Å². The van der Waals surface area contributed by atoms with Crippen LogP contribution in [-0.2, 0) is 16.1 Å². The Balaban J connectivity index is 1.54. The molecule has 1 atom stereocenters. The maximum Gasteiger partial charge on any atom is 0.232 e. The van der Waals surface area contributed by atoms with E-state index in [1.165, 1.54) is 0 Å². The Morgan fingerprint density at radius 2 is 2.13 bits per heavy atom. The van der Waals surface area contributed by atoms with Gasteiger partial charge in [-0.2, -0.15) is 0 Å². The zero-order valence-electron chi connectivity index (χ0n) is 13.2. The first-order valence-corrected chi connectivity index (χ1v) is 8.23. The fraction of sp³-hybridized carbons (Fsp3) is 0.471. The Hall–Kier alpha value is -2.37. The van der Waals surface area contributed by atoms with Crippen molar-refractivity contribution in [1.29, 1.82) is 0 Å². The first-order valence-electron chi connectivity index (χ1n) is 8.23. The largest absolute Gasteiger partial charge is 0.339 e. The minimum absolute atomic E-state index is 0.105. The van der Waals surface area contributed by atoms with Crippen molar-refractivity contribution < 1.29 is 9.59 Å². The summed E-state index contributed by atoms with van der Waals surface area (Å²) in [7, 11) is 0. The molecular formula is C17H20N4O2. The van der Waals surface area contributed by atoms with E-state index in [9.17, 15) is 9.59 Å². The van der Waals surface area contributed by atoms with Crippen LogP contribution in [0.4, 0.5) is 5.95 Å². The molecule has 6 heteroatoms. The second kappa shape index (κ2) is 5.37. The number of hydrogen-bond donors (Lipinski definition) is 1. The topological polar surface area (TPSA) is 67.2 Å². The summed E-state index contributed by atoms with van der Waals surface area (Å²) >= 11 is 0. The predicted molar refractivity (Wildman–Crippen MR) is 86.9 cm³/mol. The molecule has 1 saturated heterocycles. The molecule has 0 unspecified atom stereocenters. The van der Waals surface area contributed by atoms with Crippen LogP contribution in [0.25, 0.3) is 11.0 Å². The number of carbonyl (C=O) groups excluding carboxylic acids is 2. The summed E-state index contributed by atoms with van der Waals surface area (Å²) in [5.74, 6) is 0.299. The van der Waals surface area contributed by atoms with Crippen molar-refractivity contribution in [2.24, 2.45) is 5.92 Å². The molecule has 1 saturated carbocycles. The first kappa shape index (κ1) is 14.2. The maximum absolute atomic E-state index is 12.6. The third-order valence-corrected chi connectivity index (χ3v) is 4.72. The average molecular weight is 312 g/mol. The lowest BCUT2D eigenvalue weighted by atomic mass is 10.1. The number of amides is 2. The standard InChI is InChI=1S/C17H20N4O2/c1-2-20-14-6-4-3-5-13(14)18-17(20)19-16(23)11-9-15(22)21(10-11)12-7-8-12/h3-6,11-12H,2,7-10H2,1H3,(H,18,19,23)/t11-/m1/s1. The average Bonchev–Trinajstić information content (AvgIpc) is 3.22. The number of imidazole rings is 1. The number of benzene rings is 1. The number of aromatic nitrogens is 2. The molecule has 2 aliphatic rings. The minimum Gasteiger partial charge on any atom is -0.339 e. The van der Waals surface area contributed by atoms with E-state index in [4.69, 9.17) is 0 Å². The van der Waals surface area contributed by atoms with Gasteiger partial charge in [0.1, 0.15) is 0 Å². The molecule has 2 aromatic rings. The van der Waals surface area contributed by atoms with Crippen LogP contribution in [0.3, 0.4) is 0 Å². The number of hydrogen-bond acceptors (Lipinski definition) is 3. The molecule has 120 valence electrons. The maximum atomic E-state index is 12.6. The molecule has 1 aliphatic heterocycles. The van der Waals surface area contributed by atoms with E-state index in [1.807, 2.05) is 40.7 Å². The van der Waals surface area contributed by atoms with Gasteiger partial charge in [0.25, 0.3) is 0 Å². The molecule has 0 spiro atoms. The molecule has 1 aromatic heterocycles. The lowest BCUT2D eigenvalue weighted by Gasteiger charge is -2.15. The number of fused-ring (bicyclic) bond motifs is 1. The zero-order chi connectivity index (χ0) is 16.0. The summed E-state index contributed by atoms with van der Waals surface area (Å²) in [6.07, 6.45) is 2.46. The highest BCUT2D eigenvalue weighted by Crippen LogP contribution is 2.33. The molecule has 1 aliphatic carbocycles. The van der Waals surface area contributed by atoms with Gasteiger partial charge in [-0.3, -0.25) is 14.9 Å². The third-order valence-electron chi connectivity index (χ3n) is 4.72. The van der Waals surface area contributed by atoms with Gasteiger partial charge in [0.15, 0.2) is 0 Å². The van der Waals surface area contributed by atoms with Gasteiger partial charge in [0, 0.05) is 25.6 Å². The molecule has 1 N–H and O–H groups in total. The van der Waals surface area contributed by atoms with Crippen LogP contribution in [-0.4, -0.2) is 38.9 Å². The van der Waals surface area contributed by atoms with Gasteiger partial charge in [-0.15, -0.1) is 0 Å². The molecule has 6 nitrogen and oxygen atoms in total. The van der Waals surface area contributed by atoms with Crippen molar-refractivity contribution in [1.82, 2.24) is 14.5 Å². The van der Waals surface area contributed by atoms with Gasteiger partial charge in [0.2, 0.25) is 17.8 Å². The molecule has 2 amide bonds. The lowest BCUT2D eigenvalue weighted by molar-refractivity contribution is -0.128. The van der Waals surface area contributed by atoms with Crippen molar-refractivity contribution in [3.63, 3.8) is 0 Å². The second-order valence-corrected chi connectivity index (χ2v) is 6.34. The molecular weight excluding hydrogens is 292 g/mol. The molecule has 2 fully saturated rings. The first-order chi connectivity index (χ1) is 11.2. The summed E-state index contributed by atoms with van der Waals surface area (Å²) in [5.41, 5.74) is 1.87. The van der Waals surface area contributed by atoms with E-state index in [1.54, 1.807) is 0 Å². The number of para-hydroxylation sites is 2. The number of nitrogens with zero attached hydrogens (tertiary/aromatic N) is 3. The fourth-order valence-electron chi connectivity index (χ4n) is 3.35. The van der Waals surface area contributed by atoms with Crippen molar-refractivity contribution in [2.45, 2.75) is 38.8 Å². The number of likely N-dealkylation sites (tertiary alicyclic amines) is 1.